The van der Waals surface area contributed by atoms with Gasteiger partial charge >= 0.3 is 0 Å². The Hall–Kier alpha value is -1.35. The molecule has 0 aliphatic rings. The zero-order chi connectivity index (χ0) is 12.8. The van der Waals surface area contributed by atoms with Crippen LogP contribution in [0.5, 0.6) is 0 Å². The van der Waals surface area contributed by atoms with Gasteiger partial charge in [-0.2, -0.15) is 0 Å². The first-order chi connectivity index (χ1) is 8.04. The molecule has 17 heavy (non-hydrogen) atoms. The van der Waals surface area contributed by atoms with Gasteiger partial charge in [0.05, 0.1) is 6.04 Å². The zero-order valence-electron chi connectivity index (χ0n) is 10.9. The minimum Gasteiger partial charge on any atom is -0.351 e. The fourth-order valence-electron chi connectivity index (χ4n) is 1.53. The van der Waals surface area contributed by atoms with Crippen LogP contribution in [-0.4, -0.2) is 11.9 Å². The van der Waals surface area contributed by atoms with Gasteiger partial charge in [0.2, 0.25) is 5.91 Å². The Morgan fingerprint density at radius 2 is 1.88 bits per heavy atom. The summed E-state index contributed by atoms with van der Waals surface area (Å²) in [5.74, 6) is 0.451. The van der Waals surface area contributed by atoms with Gasteiger partial charge in [0.15, 0.2) is 0 Å². The lowest BCUT2D eigenvalue weighted by Gasteiger charge is -2.11. The number of carbonyl (C=O) groups is 1. The predicted molar refractivity (Wildman–Crippen MR) is 70.6 cm³/mol. The van der Waals surface area contributed by atoms with Crippen molar-refractivity contribution in [3.05, 3.63) is 35.4 Å². The molecule has 0 aliphatic heterocycles. The van der Waals surface area contributed by atoms with Crippen molar-refractivity contribution >= 4 is 5.91 Å². The fourth-order valence-corrected chi connectivity index (χ4v) is 1.53. The van der Waals surface area contributed by atoms with E-state index in [4.69, 9.17) is 5.73 Å². The summed E-state index contributed by atoms with van der Waals surface area (Å²) in [5, 5.41) is 2.83. The summed E-state index contributed by atoms with van der Waals surface area (Å²) in [6.07, 6.45) is 0.665. The minimum absolute atomic E-state index is 0.0829. The van der Waals surface area contributed by atoms with Gasteiger partial charge < -0.3 is 11.1 Å². The Morgan fingerprint density at radius 3 is 2.35 bits per heavy atom. The van der Waals surface area contributed by atoms with E-state index in [0.29, 0.717) is 18.9 Å². The molecule has 0 heterocycles. The summed E-state index contributed by atoms with van der Waals surface area (Å²) in [6, 6.07) is 7.91. The molecule has 0 radical (unpaired) electrons. The standard InChI is InChI=1S/C14H22N2O/c1-4-13(15)14(17)16-9-11-5-7-12(8-6-11)10(2)3/h5-8,10,13H,4,9,15H2,1-3H3,(H,16,17)/t13-/m1/s1. The van der Waals surface area contributed by atoms with Crippen molar-refractivity contribution in [3.63, 3.8) is 0 Å². The number of hydrogen-bond donors (Lipinski definition) is 2. The van der Waals surface area contributed by atoms with E-state index >= 15 is 0 Å². The second-order valence-electron chi connectivity index (χ2n) is 4.63. The summed E-state index contributed by atoms with van der Waals surface area (Å²) in [7, 11) is 0. The number of nitrogens with one attached hydrogen (secondary N) is 1. The monoisotopic (exact) mass is 234 g/mol. The van der Waals surface area contributed by atoms with Crippen LogP contribution in [0.4, 0.5) is 0 Å². The van der Waals surface area contributed by atoms with Gasteiger partial charge in [-0.05, 0) is 23.5 Å². The van der Waals surface area contributed by atoms with Crippen LogP contribution >= 0.6 is 0 Å². The van der Waals surface area contributed by atoms with Crippen LogP contribution in [0.2, 0.25) is 0 Å². The number of benzene rings is 1. The summed E-state index contributed by atoms with van der Waals surface area (Å²) in [6.45, 7) is 6.78. The van der Waals surface area contributed by atoms with Crippen molar-refractivity contribution in [1.29, 1.82) is 0 Å². The van der Waals surface area contributed by atoms with Gasteiger partial charge in [-0.15, -0.1) is 0 Å². The molecule has 0 aliphatic carbocycles. The molecule has 94 valence electrons. The molecule has 3 nitrogen and oxygen atoms in total. The highest BCUT2D eigenvalue weighted by atomic mass is 16.2. The second kappa shape index (κ2) is 6.40. The molecule has 0 aromatic heterocycles. The van der Waals surface area contributed by atoms with Crippen LogP contribution in [-0.2, 0) is 11.3 Å². The Balaban J connectivity index is 2.50. The molecule has 0 spiro atoms. The van der Waals surface area contributed by atoms with Gasteiger partial charge in [0.25, 0.3) is 0 Å². The normalized spacial score (nSPS) is 12.5. The van der Waals surface area contributed by atoms with Crippen molar-refractivity contribution in [1.82, 2.24) is 5.32 Å². The summed E-state index contributed by atoms with van der Waals surface area (Å²) in [5.41, 5.74) is 8.05. The highest BCUT2D eigenvalue weighted by molar-refractivity contribution is 5.81. The van der Waals surface area contributed by atoms with Crippen LogP contribution in [0.15, 0.2) is 24.3 Å². The highest BCUT2D eigenvalue weighted by Crippen LogP contribution is 2.14. The first kappa shape index (κ1) is 13.7. The number of nitrogens with two attached hydrogens (primary N) is 1. The number of carbonyl (C=O) groups excluding carboxylic acids is 1. The smallest absolute Gasteiger partial charge is 0.237 e. The van der Waals surface area contributed by atoms with Gasteiger partial charge in [-0.3, -0.25) is 4.79 Å². The average Bonchev–Trinajstić information content (AvgIpc) is 2.35. The summed E-state index contributed by atoms with van der Waals surface area (Å²) in [4.78, 5) is 11.5. The van der Waals surface area contributed by atoms with E-state index in [1.807, 2.05) is 19.1 Å². The molecule has 3 N–H and O–H groups in total. The number of amides is 1. The molecule has 1 aromatic carbocycles. The lowest BCUT2D eigenvalue weighted by atomic mass is 10.0. The fraction of sp³-hybridized carbons (Fsp3) is 0.500. The third-order valence-electron chi connectivity index (χ3n) is 2.89. The van der Waals surface area contributed by atoms with Crippen molar-refractivity contribution in [2.24, 2.45) is 5.73 Å². The van der Waals surface area contributed by atoms with Crippen LogP contribution in [0.1, 0.15) is 44.2 Å². The number of hydrogen-bond acceptors (Lipinski definition) is 2. The molecule has 1 aromatic rings. The Kier molecular flexibility index (Phi) is 5.16. The molecule has 1 rings (SSSR count). The van der Waals surface area contributed by atoms with Crippen LogP contribution < -0.4 is 11.1 Å². The van der Waals surface area contributed by atoms with E-state index in [9.17, 15) is 4.79 Å². The van der Waals surface area contributed by atoms with Crippen LogP contribution in [0.3, 0.4) is 0 Å². The lowest BCUT2D eigenvalue weighted by molar-refractivity contribution is -0.122. The predicted octanol–water partition coefficient (Wildman–Crippen LogP) is 2.16. The Bertz CT molecular complexity index is 357. The summed E-state index contributed by atoms with van der Waals surface area (Å²) >= 11 is 0. The van der Waals surface area contributed by atoms with E-state index in [2.05, 4.69) is 31.3 Å². The van der Waals surface area contributed by atoms with E-state index < -0.39 is 6.04 Å². The number of rotatable bonds is 5. The maximum Gasteiger partial charge on any atom is 0.237 e. The van der Waals surface area contributed by atoms with Gasteiger partial charge in [0, 0.05) is 6.54 Å². The minimum atomic E-state index is -0.398. The molecule has 0 saturated carbocycles. The molecule has 1 atom stereocenters. The van der Waals surface area contributed by atoms with Gasteiger partial charge in [-0.25, -0.2) is 0 Å². The van der Waals surface area contributed by atoms with Crippen molar-refractivity contribution in [2.75, 3.05) is 0 Å². The molecule has 3 heteroatoms. The SMILES string of the molecule is CC[C@@H](N)C(=O)NCc1ccc(C(C)C)cc1. The Morgan fingerprint density at radius 1 is 1.29 bits per heavy atom. The Labute approximate surface area is 103 Å². The molecule has 0 bridgehead atoms. The van der Waals surface area contributed by atoms with E-state index in [0.717, 1.165) is 5.56 Å². The maximum atomic E-state index is 11.5. The third-order valence-corrected chi connectivity index (χ3v) is 2.89. The third kappa shape index (κ3) is 4.19. The first-order valence-electron chi connectivity index (χ1n) is 6.16. The maximum absolute atomic E-state index is 11.5. The van der Waals surface area contributed by atoms with Crippen molar-refractivity contribution < 1.29 is 4.79 Å². The second-order valence-corrected chi connectivity index (χ2v) is 4.63. The molecular formula is C14H22N2O. The van der Waals surface area contributed by atoms with Gasteiger partial charge in [0.1, 0.15) is 0 Å². The lowest BCUT2D eigenvalue weighted by Crippen LogP contribution is -2.39. The first-order valence-corrected chi connectivity index (χ1v) is 6.16. The molecule has 1 amide bonds. The quantitative estimate of drug-likeness (QED) is 0.820. The van der Waals surface area contributed by atoms with E-state index in [1.54, 1.807) is 0 Å². The van der Waals surface area contributed by atoms with Crippen molar-refractivity contribution in [3.8, 4) is 0 Å². The average molecular weight is 234 g/mol. The van der Waals surface area contributed by atoms with E-state index in [-0.39, 0.29) is 5.91 Å². The van der Waals surface area contributed by atoms with Crippen LogP contribution in [0.25, 0.3) is 0 Å². The highest BCUT2D eigenvalue weighted by Gasteiger charge is 2.09. The molecule has 0 saturated heterocycles. The van der Waals surface area contributed by atoms with Gasteiger partial charge in [-0.1, -0.05) is 45.0 Å². The zero-order valence-corrected chi connectivity index (χ0v) is 10.9. The van der Waals surface area contributed by atoms with Crippen LogP contribution in [0, 0.1) is 0 Å². The summed E-state index contributed by atoms with van der Waals surface area (Å²) < 4.78 is 0. The van der Waals surface area contributed by atoms with E-state index in [1.165, 1.54) is 5.56 Å². The largest absolute Gasteiger partial charge is 0.351 e. The molecule has 0 fully saturated rings. The van der Waals surface area contributed by atoms with Crippen molar-refractivity contribution in [2.45, 2.75) is 45.7 Å². The molecule has 0 unspecified atom stereocenters. The topological polar surface area (TPSA) is 55.1 Å². The molecular weight excluding hydrogens is 212 g/mol.